The van der Waals surface area contributed by atoms with Gasteiger partial charge in [0.1, 0.15) is 11.5 Å². The monoisotopic (exact) mass is 557 g/mol. The largest absolute Gasteiger partial charge is 0.455 e. The number of carbonyl (C=O) groups is 1. The molecule has 11 heteroatoms. The van der Waals surface area contributed by atoms with Crippen molar-refractivity contribution in [2.75, 3.05) is 15.4 Å². The van der Waals surface area contributed by atoms with Crippen LogP contribution in [0.15, 0.2) is 99.6 Å². The topological polar surface area (TPSA) is 96.5 Å². The molecule has 0 spiro atoms. The van der Waals surface area contributed by atoms with Crippen molar-refractivity contribution in [3.63, 3.8) is 0 Å². The summed E-state index contributed by atoms with van der Waals surface area (Å²) in [6, 6.07) is 22.8. The van der Waals surface area contributed by atoms with Gasteiger partial charge in [0, 0.05) is 11.4 Å². The highest BCUT2D eigenvalue weighted by molar-refractivity contribution is 7.99. The molecule has 0 fully saturated rings. The summed E-state index contributed by atoms with van der Waals surface area (Å²) < 4.78 is 34.3. The highest BCUT2D eigenvalue weighted by atomic mass is 35.5. The van der Waals surface area contributed by atoms with Crippen LogP contribution in [-0.4, -0.2) is 14.4 Å². The van der Waals surface area contributed by atoms with Gasteiger partial charge in [0.25, 0.3) is 10.0 Å². The van der Waals surface area contributed by atoms with E-state index in [4.69, 9.17) is 27.9 Å². The number of ether oxygens (including phenoxy) is 1. The maximum atomic E-state index is 12.9. The average Bonchev–Trinajstić information content (AvgIpc) is 2.85. The van der Waals surface area contributed by atoms with Gasteiger partial charge >= 0.3 is 6.03 Å². The van der Waals surface area contributed by atoms with Gasteiger partial charge in [0.15, 0.2) is 0 Å². The third-order valence-electron chi connectivity index (χ3n) is 5.08. The molecule has 0 saturated heterocycles. The zero-order valence-corrected chi connectivity index (χ0v) is 21.4. The van der Waals surface area contributed by atoms with Gasteiger partial charge in [-0.3, -0.25) is 4.72 Å². The summed E-state index contributed by atoms with van der Waals surface area (Å²) in [5.41, 5.74) is 1.28. The Hall–Kier alpha value is -3.37. The molecule has 0 bridgehead atoms. The van der Waals surface area contributed by atoms with Crippen LogP contribution in [0.2, 0.25) is 10.0 Å². The number of hydrogen-bond donors (Lipinski definition) is 3. The van der Waals surface area contributed by atoms with Crippen LogP contribution < -0.4 is 20.1 Å². The number of anilines is 3. The summed E-state index contributed by atoms with van der Waals surface area (Å²) in [7, 11) is -3.86. The van der Waals surface area contributed by atoms with Crippen LogP contribution >= 0.6 is 35.0 Å². The molecule has 182 valence electrons. The molecule has 7 nitrogen and oxygen atoms in total. The number of sulfonamides is 1. The quantitative estimate of drug-likeness (QED) is 0.206. The lowest BCUT2D eigenvalue weighted by atomic mass is 10.3. The minimum absolute atomic E-state index is 0.0462. The van der Waals surface area contributed by atoms with Crippen LogP contribution in [0.3, 0.4) is 0 Å². The maximum Gasteiger partial charge on any atom is 0.323 e. The minimum Gasteiger partial charge on any atom is -0.455 e. The highest BCUT2D eigenvalue weighted by Gasteiger charge is 2.20. The molecular weight excluding hydrogens is 541 g/mol. The van der Waals surface area contributed by atoms with Gasteiger partial charge in [-0.1, -0.05) is 47.1 Å². The van der Waals surface area contributed by atoms with Crippen LogP contribution in [0.25, 0.3) is 0 Å². The lowest BCUT2D eigenvalue weighted by molar-refractivity contribution is 0.262. The number of halogens is 2. The van der Waals surface area contributed by atoms with E-state index in [2.05, 4.69) is 15.4 Å². The van der Waals surface area contributed by atoms with Crippen LogP contribution in [0.4, 0.5) is 21.9 Å². The van der Waals surface area contributed by atoms with E-state index in [9.17, 15) is 13.2 Å². The molecule has 0 saturated carbocycles. The second kappa shape index (κ2) is 9.94. The van der Waals surface area contributed by atoms with Gasteiger partial charge in [-0.15, -0.1) is 0 Å². The molecule has 0 aliphatic carbocycles. The highest BCUT2D eigenvalue weighted by Crippen LogP contribution is 2.47. The van der Waals surface area contributed by atoms with Gasteiger partial charge in [0.2, 0.25) is 0 Å². The molecule has 4 aromatic rings. The lowest BCUT2D eigenvalue weighted by Gasteiger charge is -2.20. The lowest BCUT2D eigenvalue weighted by Crippen LogP contribution is -2.19. The molecule has 0 atom stereocenters. The van der Waals surface area contributed by atoms with E-state index < -0.39 is 16.1 Å². The third-order valence-corrected chi connectivity index (χ3v) is 8.32. The molecule has 1 aliphatic rings. The van der Waals surface area contributed by atoms with Gasteiger partial charge in [-0.2, -0.15) is 0 Å². The van der Waals surface area contributed by atoms with Crippen molar-refractivity contribution < 1.29 is 17.9 Å². The van der Waals surface area contributed by atoms with Gasteiger partial charge < -0.3 is 15.4 Å². The number of fused-ring (bicyclic) bond motifs is 2. The van der Waals surface area contributed by atoms with Gasteiger partial charge in [0.05, 0.1) is 30.4 Å². The van der Waals surface area contributed by atoms with E-state index in [0.717, 1.165) is 15.5 Å². The van der Waals surface area contributed by atoms with E-state index in [1.807, 2.05) is 24.3 Å². The van der Waals surface area contributed by atoms with Crippen molar-refractivity contribution in [3.8, 4) is 11.5 Å². The molecule has 5 rings (SSSR count). The fourth-order valence-electron chi connectivity index (χ4n) is 3.39. The first kappa shape index (κ1) is 24.3. The van der Waals surface area contributed by atoms with Crippen molar-refractivity contribution in [1.82, 2.24) is 0 Å². The van der Waals surface area contributed by atoms with Crippen molar-refractivity contribution >= 4 is 68.1 Å². The first-order valence-corrected chi connectivity index (χ1v) is 13.6. The van der Waals surface area contributed by atoms with Crippen LogP contribution in [0.5, 0.6) is 11.5 Å². The number of benzene rings is 4. The first-order chi connectivity index (χ1) is 17.3. The summed E-state index contributed by atoms with van der Waals surface area (Å²) in [5.74, 6) is 1.43. The third kappa shape index (κ3) is 5.39. The summed E-state index contributed by atoms with van der Waals surface area (Å²) in [4.78, 5) is 14.1. The number of amides is 2. The van der Waals surface area contributed by atoms with Crippen LogP contribution in [0.1, 0.15) is 0 Å². The fourth-order valence-corrected chi connectivity index (χ4v) is 5.73. The Morgan fingerprint density at radius 2 is 1.39 bits per heavy atom. The second-order valence-electron chi connectivity index (χ2n) is 7.65. The van der Waals surface area contributed by atoms with Crippen molar-refractivity contribution in [1.29, 1.82) is 0 Å². The molecule has 1 heterocycles. The maximum absolute atomic E-state index is 12.9. The molecule has 36 heavy (non-hydrogen) atoms. The van der Waals surface area contributed by atoms with Crippen molar-refractivity contribution in [3.05, 3.63) is 95.0 Å². The normalized spacial score (nSPS) is 12.1. The Morgan fingerprint density at radius 3 is 2.17 bits per heavy atom. The number of para-hydroxylation sites is 1. The Labute approximate surface area is 221 Å². The first-order valence-electron chi connectivity index (χ1n) is 10.5. The zero-order valence-electron chi connectivity index (χ0n) is 18.3. The minimum atomic E-state index is -3.86. The molecule has 0 unspecified atom stereocenters. The summed E-state index contributed by atoms with van der Waals surface area (Å²) in [6.07, 6.45) is 0. The Kier molecular flexibility index (Phi) is 6.72. The number of carbonyl (C=O) groups excluding carboxylic acids is 1. The van der Waals surface area contributed by atoms with E-state index in [1.54, 1.807) is 30.3 Å². The predicted molar refractivity (Wildman–Crippen MR) is 143 cm³/mol. The average molecular weight is 558 g/mol. The van der Waals surface area contributed by atoms with Crippen LogP contribution in [0, 0.1) is 0 Å². The summed E-state index contributed by atoms with van der Waals surface area (Å²) >= 11 is 13.3. The number of nitrogens with one attached hydrogen (secondary N) is 3. The van der Waals surface area contributed by atoms with E-state index in [0.29, 0.717) is 32.9 Å². The molecule has 1 aliphatic heterocycles. The smallest absolute Gasteiger partial charge is 0.323 e. The van der Waals surface area contributed by atoms with E-state index in [-0.39, 0.29) is 4.90 Å². The zero-order chi connectivity index (χ0) is 25.3. The van der Waals surface area contributed by atoms with Gasteiger partial charge in [-0.25, -0.2) is 13.2 Å². The van der Waals surface area contributed by atoms with Crippen molar-refractivity contribution in [2.45, 2.75) is 14.7 Å². The molecular formula is C25H17Cl2N3O4S2. The Morgan fingerprint density at radius 1 is 0.722 bits per heavy atom. The summed E-state index contributed by atoms with van der Waals surface area (Å²) in [5, 5.41) is 5.96. The Balaban J connectivity index is 1.24. The molecule has 3 N–H and O–H groups in total. The molecule has 0 aromatic heterocycles. The van der Waals surface area contributed by atoms with E-state index in [1.165, 1.54) is 42.1 Å². The Bertz CT molecular complexity index is 1580. The molecule has 4 aromatic carbocycles. The van der Waals surface area contributed by atoms with Gasteiger partial charge in [-0.05, 0) is 72.8 Å². The number of rotatable bonds is 5. The standard InChI is InChI=1S/C25H17Cl2N3O4S2/c26-19-11-7-16(13-20(19)27)29-25(31)28-15-5-9-18(10-6-15)36(32,33)30-17-8-12-22-24(14-17)35-23-4-2-1-3-21(23)34-22/h1-14,30H,(H2,28,29,31). The predicted octanol–water partition coefficient (Wildman–Crippen LogP) is 7.70. The number of urea groups is 1. The summed E-state index contributed by atoms with van der Waals surface area (Å²) in [6.45, 7) is 0. The second-order valence-corrected chi connectivity index (χ2v) is 11.2. The van der Waals surface area contributed by atoms with E-state index >= 15 is 0 Å². The SMILES string of the molecule is O=C(Nc1ccc(S(=O)(=O)Nc2ccc3c(c2)Sc2ccccc2O3)cc1)Nc1ccc(Cl)c(Cl)c1. The molecule has 0 radical (unpaired) electrons. The fraction of sp³-hybridized carbons (Fsp3) is 0. The molecule has 2 amide bonds. The van der Waals surface area contributed by atoms with Crippen molar-refractivity contribution in [2.24, 2.45) is 0 Å². The number of hydrogen-bond acceptors (Lipinski definition) is 5. The van der Waals surface area contributed by atoms with Crippen LogP contribution in [-0.2, 0) is 10.0 Å².